The largest absolute Gasteiger partial charge is 0.299 e. The van der Waals surface area contributed by atoms with E-state index in [1.165, 1.54) is 12.1 Å². The quantitative estimate of drug-likeness (QED) is 0.720. The van der Waals surface area contributed by atoms with E-state index >= 15 is 0 Å². The lowest BCUT2D eigenvalue weighted by Gasteiger charge is -2.06. The van der Waals surface area contributed by atoms with E-state index in [2.05, 4.69) is 0 Å². The van der Waals surface area contributed by atoms with Gasteiger partial charge in [0.25, 0.3) is 0 Å². The standard InChI is InChI=1S/C12H15FO/c1-3-9(2)12(14)8-10-4-6-11(13)7-5-10/h4-7,9H,3,8H2,1-2H3. The smallest absolute Gasteiger partial charge is 0.140 e. The van der Waals surface area contributed by atoms with Crippen molar-refractivity contribution in [3.05, 3.63) is 35.6 Å². The van der Waals surface area contributed by atoms with Gasteiger partial charge in [-0.2, -0.15) is 0 Å². The molecule has 2 heteroatoms. The number of rotatable bonds is 4. The maximum absolute atomic E-state index is 12.6. The first kappa shape index (κ1) is 10.9. The molecule has 0 aliphatic carbocycles. The van der Waals surface area contributed by atoms with Crippen molar-refractivity contribution in [2.75, 3.05) is 0 Å². The summed E-state index contributed by atoms with van der Waals surface area (Å²) in [6, 6.07) is 6.10. The highest BCUT2D eigenvalue weighted by molar-refractivity contribution is 5.82. The molecule has 0 radical (unpaired) electrons. The van der Waals surface area contributed by atoms with E-state index in [1.54, 1.807) is 12.1 Å². The molecule has 1 aromatic carbocycles. The topological polar surface area (TPSA) is 17.1 Å². The Labute approximate surface area is 83.9 Å². The van der Waals surface area contributed by atoms with Crippen molar-refractivity contribution < 1.29 is 9.18 Å². The average Bonchev–Trinajstić information content (AvgIpc) is 2.20. The van der Waals surface area contributed by atoms with Gasteiger partial charge in [-0.15, -0.1) is 0 Å². The third-order valence-electron chi connectivity index (χ3n) is 2.45. The van der Waals surface area contributed by atoms with Crippen LogP contribution in [0.1, 0.15) is 25.8 Å². The lowest BCUT2D eigenvalue weighted by molar-refractivity contribution is -0.121. The Hall–Kier alpha value is -1.18. The van der Waals surface area contributed by atoms with E-state index in [-0.39, 0.29) is 17.5 Å². The molecule has 0 heterocycles. The molecule has 1 nitrogen and oxygen atoms in total. The monoisotopic (exact) mass is 194 g/mol. The highest BCUT2D eigenvalue weighted by Gasteiger charge is 2.10. The summed E-state index contributed by atoms with van der Waals surface area (Å²) in [6.45, 7) is 3.92. The molecule has 0 aromatic heterocycles. The van der Waals surface area contributed by atoms with Crippen molar-refractivity contribution in [2.45, 2.75) is 26.7 Å². The maximum Gasteiger partial charge on any atom is 0.140 e. The van der Waals surface area contributed by atoms with Crippen LogP contribution in [0.4, 0.5) is 4.39 Å². The third-order valence-corrected chi connectivity index (χ3v) is 2.45. The molecule has 1 atom stereocenters. The number of hydrogen-bond acceptors (Lipinski definition) is 1. The van der Waals surface area contributed by atoms with Crippen LogP contribution in [0, 0.1) is 11.7 Å². The molecule has 0 spiro atoms. The molecule has 0 saturated carbocycles. The van der Waals surface area contributed by atoms with Crippen molar-refractivity contribution in [1.29, 1.82) is 0 Å². The van der Waals surface area contributed by atoms with Gasteiger partial charge in [-0.25, -0.2) is 4.39 Å². The molecule has 0 bridgehead atoms. The molecular weight excluding hydrogens is 179 g/mol. The Morgan fingerprint density at radius 3 is 2.43 bits per heavy atom. The van der Waals surface area contributed by atoms with Crippen LogP contribution in [-0.4, -0.2) is 5.78 Å². The summed E-state index contributed by atoms with van der Waals surface area (Å²) in [5.74, 6) is 0.0592. The van der Waals surface area contributed by atoms with Gasteiger partial charge in [0, 0.05) is 12.3 Å². The number of carbonyl (C=O) groups is 1. The summed E-state index contributed by atoms with van der Waals surface area (Å²) in [7, 11) is 0. The molecule has 0 fully saturated rings. The normalized spacial score (nSPS) is 12.5. The Morgan fingerprint density at radius 1 is 1.36 bits per heavy atom. The van der Waals surface area contributed by atoms with E-state index in [9.17, 15) is 9.18 Å². The number of ketones is 1. The summed E-state index contributed by atoms with van der Waals surface area (Å²) < 4.78 is 12.6. The second-order valence-corrected chi connectivity index (χ2v) is 3.58. The van der Waals surface area contributed by atoms with E-state index in [4.69, 9.17) is 0 Å². The average molecular weight is 194 g/mol. The predicted molar refractivity (Wildman–Crippen MR) is 54.6 cm³/mol. The number of benzene rings is 1. The first-order chi connectivity index (χ1) is 6.63. The zero-order valence-corrected chi connectivity index (χ0v) is 8.59. The van der Waals surface area contributed by atoms with E-state index in [1.807, 2.05) is 13.8 Å². The van der Waals surface area contributed by atoms with E-state index < -0.39 is 0 Å². The molecule has 0 amide bonds. The van der Waals surface area contributed by atoms with Crippen molar-refractivity contribution in [2.24, 2.45) is 5.92 Å². The van der Waals surface area contributed by atoms with Crippen LogP contribution >= 0.6 is 0 Å². The van der Waals surface area contributed by atoms with Gasteiger partial charge in [0.15, 0.2) is 0 Å². The molecule has 0 aliphatic rings. The molecule has 14 heavy (non-hydrogen) atoms. The Balaban J connectivity index is 2.60. The lowest BCUT2D eigenvalue weighted by atomic mass is 9.97. The Bertz CT molecular complexity index is 303. The van der Waals surface area contributed by atoms with Crippen LogP contribution in [0.15, 0.2) is 24.3 Å². The van der Waals surface area contributed by atoms with Crippen molar-refractivity contribution in [3.8, 4) is 0 Å². The minimum absolute atomic E-state index is 0.0973. The summed E-state index contributed by atoms with van der Waals surface area (Å²) >= 11 is 0. The molecule has 1 aromatic rings. The SMILES string of the molecule is CCC(C)C(=O)Cc1ccc(F)cc1. The van der Waals surface area contributed by atoms with Gasteiger partial charge in [-0.3, -0.25) is 4.79 Å². The highest BCUT2D eigenvalue weighted by Crippen LogP contribution is 2.09. The third kappa shape index (κ3) is 2.95. The second kappa shape index (κ2) is 4.89. The van der Waals surface area contributed by atoms with Crippen LogP contribution in [0.25, 0.3) is 0 Å². The summed E-state index contributed by atoms with van der Waals surface area (Å²) in [4.78, 5) is 11.5. The zero-order valence-electron chi connectivity index (χ0n) is 8.59. The van der Waals surface area contributed by atoms with E-state index in [0.717, 1.165) is 12.0 Å². The highest BCUT2D eigenvalue weighted by atomic mass is 19.1. The number of halogens is 1. The number of hydrogen-bond donors (Lipinski definition) is 0. The fourth-order valence-corrected chi connectivity index (χ4v) is 1.21. The van der Waals surface area contributed by atoms with Gasteiger partial charge in [-0.1, -0.05) is 26.0 Å². The van der Waals surface area contributed by atoms with Crippen LogP contribution in [-0.2, 0) is 11.2 Å². The van der Waals surface area contributed by atoms with E-state index in [0.29, 0.717) is 6.42 Å². The van der Waals surface area contributed by atoms with Gasteiger partial charge in [0.2, 0.25) is 0 Å². The van der Waals surface area contributed by atoms with Crippen LogP contribution in [0.2, 0.25) is 0 Å². The van der Waals surface area contributed by atoms with Gasteiger partial charge in [0.1, 0.15) is 11.6 Å². The Morgan fingerprint density at radius 2 is 1.93 bits per heavy atom. The number of carbonyl (C=O) groups excluding carboxylic acids is 1. The van der Waals surface area contributed by atoms with Crippen LogP contribution in [0.5, 0.6) is 0 Å². The summed E-state index contributed by atoms with van der Waals surface area (Å²) in [5.41, 5.74) is 0.886. The molecule has 1 unspecified atom stereocenters. The summed E-state index contributed by atoms with van der Waals surface area (Å²) in [6.07, 6.45) is 1.27. The summed E-state index contributed by atoms with van der Waals surface area (Å²) in [5, 5.41) is 0. The molecule has 0 saturated heterocycles. The molecule has 0 N–H and O–H groups in total. The van der Waals surface area contributed by atoms with Crippen molar-refractivity contribution >= 4 is 5.78 Å². The first-order valence-electron chi connectivity index (χ1n) is 4.90. The minimum Gasteiger partial charge on any atom is -0.299 e. The minimum atomic E-state index is -0.260. The fourth-order valence-electron chi connectivity index (χ4n) is 1.21. The maximum atomic E-state index is 12.6. The second-order valence-electron chi connectivity index (χ2n) is 3.58. The zero-order chi connectivity index (χ0) is 10.6. The Kier molecular flexibility index (Phi) is 3.81. The van der Waals surface area contributed by atoms with Gasteiger partial charge < -0.3 is 0 Å². The van der Waals surface area contributed by atoms with Crippen LogP contribution in [0.3, 0.4) is 0 Å². The first-order valence-corrected chi connectivity index (χ1v) is 4.90. The molecule has 1 rings (SSSR count). The van der Waals surface area contributed by atoms with Gasteiger partial charge >= 0.3 is 0 Å². The molecule has 76 valence electrons. The van der Waals surface area contributed by atoms with Crippen LogP contribution < -0.4 is 0 Å². The van der Waals surface area contributed by atoms with Crippen molar-refractivity contribution in [3.63, 3.8) is 0 Å². The number of Topliss-reactive ketones (excluding diaryl/α,β-unsaturated/α-hetero) is 1. The molecule has 0 aliphatic heterocycles. The van der Waals surface area contributed by atoms with Gasteiger partial charge in [-0.05, 0) is 24.1 Å². The van der Waals surface area contributed by atoms with Gasteiger partial charge in [0.05, 0.1) is 0 Å². The fraction of sp³-hybridized carbons (Fsp3) is 0.417. The van der Waals surface area contributed by atoms with Crippen molar-refractivity contribution in [1.82, 2.24) is 0 Å². The lowest BCUT2D eigenvalue weighted by Crippen LogP contribution is -2.12. The predicted octanol–water partition coefficient (Wildman–Crippen LogP) is 2.98. The molecular formula is C12H15FO.